The third-order valence-corrected chi connectivity index (χ3v) is 6.33. The molecule has 1 saturated heterocycles. The van der Waals surface area contributed by atoms with Crippen LogP contribution < -0.4 is 20.3 Å². The van der Waals surface area contributed by atoms with E-state index in [-0.39, 0.29) is 30.4 Å². The smallest absolute Gasteiger partial charge is 0.317 e. The Hall–Kier alpha value is -3.46. The van der Waals surface area contributed by atoms with Gasteiger partial charge in [-0.1, -0.05) is 24.6 Å². The molecule has 0 aliphatic carbocycles. The number of anilines is 2. The van der Waals surface area contributed by atoms with Crippen molar-refractivity contribution in [3.8, 4) is 5.75 Å². The predicted molar refractivity (Wildman–Crippen MR) is 147 cm³/mol. The molecule has 0 atom stereocenters. The van der Waals surface area contributed by atoms with Crippen LogP contribution in [0, 0.1) is 0 Å². The van der Waals surface area contributed by atoms with E-state index in [1.165, 1.54) is 4.90 Å². The van der Waals surface area contributed by atoms with Gasteiger partial charge in [-0.2, -0.15) is 0 Å². The van der Waals surface area contributed by atoms with Gasteiger partial charge in [-0.15, -0.1) is 0 Å². The number of nitrogens with zero attached hydrogens (tertiary/aromatic N) is 3. The SMILES string of the molecule is CCCN(CC(=O)Nc1cc(N2CCN(C(=O)NC(C)C)CC2)ccc1Cl)C(=O)c1cccc(OC)c1. The molecule has 0 unspecified atom stereocenters. The maximum absolute atomic E-state index is 13.1. The molecular formula is C27H36ClN5O4. The van der Waals surface area contributed by atoms with Crippen LogP contribution in [0.2, 0.25) is 5.02 Å². The number of urea groups is 1. The summed E-state index contributed by atoms with van der Waals surface area (Å²) in [4.78, 5) is 43.8. The normalized spacial score (nSPS) is 13.4. The number of methoxy groups -OCH3 is 1. The lowest BCUT2D eigenvalue weighted by atomic mass is 10.1. The standard InChI is InChI=1S/C27H36ClN5O4/c1-5-11-33(26(35)20-7-6-8-22(16-20)37-4)18-25(34)30-24-17-21(9-10-23(24)28)31-12-14-32(15-13-31)27(36)29-19(2)3/h6-10,16-17,19H,5,11-15,18H2,1-4H3,(H,29,36)(H,30,34). The number of carbonyl (C=O) groups is 3. The van der Waals surface area contributed by atoms with Gasteiger partial charge in [-0.25, -0.2) is 4.79 Å². The Morgan fingerprint density at radius 1 is 1.08 bits per heavy atom. The summed E-state index contributed by atoms with van der Waals surface area (Å²) in [5.74, 6) is 0.00535. The second-order valence-corrected chi connectivity index (χ2v) is 9.66. The van der Waals surface area contributed by atoms with Gasteiger partial charge in [-0.05, 0) is 56.7 Å². The van der Waals surface area contributed by atoms with Crippen molar-refractivity contribution in [2.75, 3.05) is 56.6 Å². The maximum atomic E-state index is 13.1. The van der Waals surface area contributed by atoms with Crippen molar-refractivity contribution in [1.82, 2.24) is 15.1 Å². The van der Waals surface area contributed by atoms with Gasteiger partial charge in [0.05, 0.1) is 17.8 Å². The van der Waals surface area contributed by atoms with Gasteiger partial charge in [-0.3, -0.25) is 9.59 Å². The number of piperazine rings is 1. The van der Waals surface area contributed by atoms with Crippen LogP contribution in [0.4, 0.5) is 16.2 Å². The Morgan fingerprint density at radius 2 is 1.81 bits per heavy atom. The van der Waals surface area contributed by atoms with Gasteiger partial charge in [0.25, 0.3) is 5.91 Å². The molecule has 0 spiro atoms. The Kier molecular flexibility index (Phi) is 10.0. The van der Waals surface area contributed by atoms with Crippen molar-refractivity contribution in [1.29, 1.82) is 0 Å². The zero-order valence-electron chi connectivity index (χ0n) is 21.9. The van der Waals surface area contributed by atoms with E-state index in [0.717, 1.165) is 5.69 Å². The average molecular weight is 530 g/mol. The Morgan fingerprint density at radius 3 is 2.46 bits per heavy atom. The molecule has 2 aromatic carbocycles. The zero-order chi connectivity index (χ0) is 26.9. The summed E-state index contributed by atoms with van der Waals surface area (Å²) in [5.41, 5.74) is 1.85. The summed E-state index contributed by atoms with van der Waals surface area (Å²) < 4.78 is 5.22. The number of ether oxygens (including phenoxy) is 1. The lowest BCUT2D eigenvalue weighted by Gasteiger charge is -2.36. The van der Waals surface area contributed by atoms with Crippen LogP contribution in [-0.2, 0) is 4.79 Å². The molecule has 0 saturated carbocycles. The fourth-order valence-electron chi connectivity index (χ4n) is 4.14. The number of amides is 4. The van der Waals surface area contributed by atoms with Gasteiger partial charge in [0.2, 0.25) is 5.91 Å². The fraction of sp³-hybridized carbons (Fsp3) is 0.444. The quantitative estimate of drug-likeness (QED) is 0.510. The first-order valence-corrected chi connectivity index (χ1v) is 12.9. The highest BCUT2D eigenvalue weighted by Gasteiger charge is 2.23. The molecule has 2 N–H and O–H groups in total. The number of hydrogen-bond acceptors (Lipinski definition) is 5. The third kappa shape index (κ3) is 7.76. The highest BCUT2D eigenvalue weighted by molar-refractivity contribution is 6.33. The van der Waals surface area contributed by atoms with Crippen LogP contribution in [0.25, 0.3) is 0 Å². The van der Waals surface area contributed by atoms with Crippen molar-refractivity contribution in [2.45, 2.75) is 33.2 Å². The molecule has 0 bridgehead atoms. The van der Waals surface area contributed by atoms with Crippen molar-refractivity contribution < 1.29 is 19.1 Å². The molecule has 10 heteroatoms. The molecular weight excluding hydrogens is 494 g/mol. The van der Waals surface area contributed by atoms with Crippen molar-refractivity contribution in [3.63, 3.8) is 0 Å². The van der Waals surface area contributed by atoms with Gasteiger partial charge < -0.3 is 30.1 Å². The topological polar surface area (TPSA) is 94.2 Å². The number of halogens is 1. The molecule has 1 aliphatic rings. The van der Waals surface area contributed by atoms with E-state index < -0.39 is 0 Å². The van der Waals surface area contributed by atoms with Gasteiger partial charge in [0, 0.05) is 50.0 Å². The van der Waals surface area contributed by atoms with Crippen molar-refractivity contribution in [3.05, 3.63) is 53.1 Å². The van der Waals surface area contributed by atoms with Gasteiger partial charge in [0.1, 0.15) is 12.3 Å². The predicted octanol–water partition coefficient (Wildman–Crippen LogP) is 4.08. The zero-order valence-corrected chi connectivity index (χ0v) is 22.7. The Balaban J connectivity index is 1.64. The summed E-state index contributed by atoms with van der Waals surface area (Å²) in [7, 11) is 1.54. The van der Waals surface area contributed by atoms with E-state index in [2.05, 4.69) is 15.5 Å². The van der Waals surface area contributed by atoms with E-state index in [1.807, 2.05) is 32.9 Å². The minimum atomic E-state index is -0.334. The minimum Gasteiger partial charge on any atom is -0.497 e. The average Bonchev–Trinajstić information content (AvgIpc) is 2.89. The van der Waals surface area contributed by atoms with Crippen LogP contribution in [0.1, 0.15) is 37.6 Å². The molecule has 9 nitrogen and oxygen atoms in total. The van der Waals surface area contributed by atoms with Crippen molar-refractivity contribution >= 4 is 40.8 Å². The minimum absolute atomic E-state index is 0.0566. The van der Waals surface area contributed by atoms with E-state index >= 15 is 0 Å². The van der Waals surface area contributed by atoms with E-state index in [1.54, 1.807) is 42.3 Å². The Bertz CT molecular complexity index is 1100. The molecule has 2 aromatic rings. The van der Waals surface area contributed by atoms with Gasteiger partial charge >= 0.3 is 6.03 Å². The third-order valence-electron chi connectivity index (χ3n) is 6.00. The summed E-state index contributed by atoms with van der Waals surface area (Å²) >= 11 is 6.39. The summed E-state index contributed by atoms with van der Waals surface area (Å²) in [6, 6.07) is 12.4. The molecule has 200 valence electrons. The van der Waals surface area contributed by atoms with Crippen LogP contribution in [0.5, 0.6) is 5.75 Å². The number of rotatable bonds is 9. The highest BCUT2D eigenvalue weighted by atomic mass is 35.5. The first-order valence-electron chi connectivity index (χ1n) is 12.5. The highest BCUT2D eigenvalue weighted by Crippen LogP contribution is 2.28. The van der Waals surface area contributed by atoms with Crippen LogP contribution in [-0.4, -0.2) is 80.1 Å². The first kappa shape index (κ1) is 28.1. The second kappa shape index (κ2) is 13.2. The number of carbonyl (C=O) groups excluding carboxylic acids is 3. The molecule has 37 heavy (non-hydrogen) atoms. The summed E-state index contributed by atoms with van der Waals surface area (Å²) in [6.45, 7) is 8.69. The molecule has 3 rings (SSSR count). The Labute approximate surface area is 223 Å². The van der Waals surface area contributed by atoms with Crippen LogP contribution >= 0.6 is 11.6 Å². The van der Waals surface area contributed by atoms with Crippen molar-refractivity contribution in [2.24, 2.45) is 0 Å². The molecule has 1 aliphatic heterocycles. The lowest BCUT2D eigenvalue weighted by Crippen LogP contribution is -2.52. The molecule has 1 fully saturated rings. The van der Waals surface area contributed by atoms with Crippen LogP contribution in [0.15, 0.2) is 42.5 Å². The molecule has 4 amide bonds. The largest absolute Gasteiger partial charge is 0.497 e. The maximum Gasteiger partial charge on any atom is 0.317 e. The lowest BCUT2D eigenvalue weighted by molar-refractivity contribution is -0.116. The molecule has 1 heterocycles. The monoisotopic (exact) mass is 529 g/mol. The summed E-state index contributed by atoms with van der Waals surface area (Å²) in [6.07, 6.45) is 0.709. The van der Waals surface area contributed by atoms with E-state index in [9.17, 15) is 14.4 Å². The van der Waals surface area contributed by atoms with Gasteiger partial charge in [0.15, 0.2) is 0 Å². The van der Waals surface area contributed by atoms with E-state index in [0.29, 0.717) is 61.2 Å². The number of benzene rings is 2. The second-order valence-electron chi connectivity index (χ2n) is 9.25. The van der Waals surface area contributed by atoms with E-state index in [4.69, 9.17) is 16.3 Å². The molecule has 0 aromatic heterocycles. The number of hydrogen-bond donors (Lipinski definition) is 2. The first-order chi connectivity index (χ1) is 17.7. The number of nitrogens with one attached hydrogen (secondary N) is 2. The molecule has 0 radical (unpaired) electrons. The van der Waals surface area contributed by atoms with Crippen LogP contribution in [0.3, 0.4) is 0 Å². The fourth-order valence-corrected chi connectivity index (χ4v) is 4.30. The summed E-state index contributed by atoms with van der Waals surface area (Å²) in [5, 5.41) is 6.20.